The summed E-state index contributed by atoms with van der Waals surface area (Å²) in [6.45, 7) is 7.69. The van der Waals surface area contributed by atoms with Crippen molar-refractivity contribution in [2.45, 2.75) is 33.7 Å². The molecule has 0 bridgehead atoms. The van der Waals surface area contributed by atoms with Gasteiger partial charge in [0.2, 0.25) is 0 Å². The molecule has 1 nitrogen and oxygen atoms in total. The van der Waals surface area contributed by atoms with E-state index in [9.17, 15) is 4.39 Å². The average Bonchev–Trinajstić information content (AvgIpc) is 2.56. The van der Waals surface area contributed by atoms with Gasteiger partial charge >= 0.3 is 0 Å². The van der Waals surface area contributed by atoms with Gasteiger partial charge < -0.3 is 4.57 Å². The number of aromatic nitrogens is 1. The monoisotopic (exact) mass is 219 g/mol. The van der Waals surface area contributed by atoms with Gasteiger partial charge in [-0.15, -0.1) is 0 Å². The molecule has 0 radical (unpaired) electrons. The number of benzene rings is 1. The van der Waals surface area contributed by atoms with Crippen molar-refractivity contribution >= 4 is 10.9 Å². The molecule has 2 aromatic rings. The van der Waals surface area contributed by atoms with Gasteiger partial charge in [-0.25, -0.2) is 4.39 Å². The fraction of sp³-hybridized carbons (Fsp3) is 0.429. The predicted octanol–water partition coefficient (Wildman–Crippen LogP) is 4.22. The van der Waals surface area contributed by atoms with Crippen LogP contribution in [0.3, 0.4) is 0 Å². The molecule has 0 amide bonds. The summed E-state index contributed by atoms with van der Waals surface area (Å²) in [4.78, 5) is 0. The van der Waals surface area contributed by atoms with Gasteiger partial charge in [-0.2, -0.15) is 0 Å². The van der Waals surface area contributed by atoms with Crippen molar-refractivity contribution < 1.29 is 4.39 Å². The highest BCUT2D eigenvalue weighted by Gasteiger charge is 2.10. The number of rotatable bonds is 2. The van der Waals surface area contributed by atoms with Crippen molar-refractivity contribution in [3.05, 3.63) is 36.3 Å². The first-order valence-electron chi connectivity index (χ1n) is 5.70. The van der Waals surface area contributed by atoms with Crippen LogP contribution in [-0.2, 0) is 6.54 Å². The lowest BCUT2D eigenvalue weighted by molar-refractivity contribution is 0.353. The van der Waals surface area contributed by atoms with Crippen molar-refractivity contribution in [3.63, 3.8) is 0 Å². The molecule has 0 unspecified atom stereocenters. The highest BCUT2D eigenvalue weighted by molar-refractivity contribution is 5.80. The highest BCUT2D eigenvalue weighted by atomic mass is 19.1. The highest BCUT2D eigenvalue weighted by Crippen LogP contribution is 2.22. The second-order valence-corrected chi connectivity index (χ2v) is 5.52. The van der Waals surface area contributed by atoms with Gasteiger partial charge in [-0.1, -0.05) is 20.8 Å². The number of halogens is 1. The Kier molecular flexibility index (Phi) is 2.75. The van der Waals surface area contributed by atoms with Crippen LogP contribution in [0.4, 0.5) is 4.39 Å². The second-order valence-electron chi connectivity index (χ2n) is 5.52. The molecular weight excluding hydrogens is 201 g/mol. The minimum atomic E-state index is -0.166. The molecule has 1 aromatic heterocycles. The molecule has 0 saturated heterocycles. The number of hydrogen-bond acceptors (Lipinski definition) is 0. The van der Waals surface area contributed by atoms with Crippen LogP contribution in [0, 0.1) is 11.2 Å². The number of aryl methyl sites for hydroxylation is 1. The van der Waals surface area contributed by atoms with Crippen molar-refractivity contribution in [1.29, 1.82) is 0 Å². The van der Waals surface area contributed by atoms with Gasteiger partial charge in [0.25, 0.3) is 0 Å². The molecular formula is C14H18FN. The van der Waals surface area contributed by atoms with Crippen LogP contribution in [0.25, 0.3) is 10.9 Å². The number of hydrogen-bond donors (Lipinski definition) is 0. The van der Waals surface area contributed by atoms with Crippen LogP contribution < -0.4 is 0 Å². The van der Waals surface area contributed by atoms with E-state index in [-0.39, 0.29) is 5.82 Å². The molecule has 1 aromatic carbocycles. The third-order valence-electron chi connectivity index (χ3n) is 2.84. The quantitative estimate of drug-likeness (QED) is 0.712. The van der Waals surface area contributed by atoms with Crippen LogP contribution >= 0.6 is 0 Å². The van der Waals surface area contributed by atoms with Crippen molar-refractivity contribution in [3.8, 4) is 0 Å². The smallest absolute Gasteiger partial charge is 0.123 e. The molecule has 2 heteroatoms. The molecule has 1 heterocycles. The van der Waals surface area contributed by atoms with E-state index in [4.69, 9.17) is 0 Å². The Morgan fingerprint density at radius 3 is 2.62 bits per heavy atom. The Hall–Kier alpha value is -1.31. The van der Waals surface area contributed by atoms with E-state index in [2.05, 4.69) is 25.3 Å². The zero-order chi connectivity index (χ0) is 11.8. The summed E-state index contributed by atoms with van der Waals surface area (Å²) in [5.41, 5.74) is 1.45. The summed E-state index contributed by atoms with van der Waals surface area (Å²) in [5, 5.41) is 0.980. The lowest BCUT2D eigenvalue weighted by Crippen LogP contribution is -2.09. The molecule has 0 atom stereocenters. The van der Waals surface area contributed by atoms with E-state index >= 15 is 0 Å². The molecule has 0 saturated carbocycles. The third kappa shape index (κ3) is 2.43. The van der Waals surface area contributed by atoms with Gasteiger partial charge in [0.05, 0.1) is 0 Å². The zero-order valence-corrected chi connectivity index (χ0v) is 10.1. The molecule has 0 aliphatic carbocycles. The maximum absolute atomic E-state index is 13.0. The van der Waals surface area contributed by atoms with Gasteiger partial charge in [0.1, 0.15) is 5.82 Å². The Morgan fingerprint density at radius 1 is 1.19 bits per heavy atom. The first-order chi connectivity index (χ1) is 7.46. The van der Waals surface area contributed by atoms with Gasteiger partial charge in [0, 0.05) is 23.6 Å². The van der Waals surface area contributed by atoms with Gasteiger partial charge in [-0.05, 0) is 36.1 Å². The lowest BCUT2D eigenvalue weighted by atomic mass is 9.92. The van der Waals surface area contributed by atoms with E-state index in [1.165, 1.54) is 6.07 Å². The maximum Gasteiger partial charge on any atom is 0.123 e. The molecule has 86 valence electrons. The van der Waals surface area contributed by atoms with Crippen LogP contribution in [0.1, 0.15) is 27.2 Å². The predicted molar refractivity (Wildman–Crippen MR) is 66.0 cm³/mol. The van der Waals surface area contributed by atoms with Crippen LogP contribution in [0.2, 0.25) is 0 Å². The fourth-order valence-electron chi connectivity index (χ4n) is 1.82. The fourth-order valence-corrected chi connectivity index (χ4v) is 1.82. The Morgan fingerprint density at radius 2 is 1.94 bits per heavy atom. The second kappa shape index (κ2) is 3.93. The summed E-state index contributed by atoms with van der Waals surface area (Å²) >= 11 is 0. The normalized spacial score (nSPS) is 12.2. The SMILES string of the molecule is CC(C)(C)CCn1ccc2cc(F)ccc21. The summed E-state index contributed by atoms with van der Waals surface area (Å²) in [7, 11) is 0. The van der Waals surface area contributed by atoms with E-state index in [1.807, 2.05) is 18.3 Å². The van der Waals surface area contributed by atoms with Gasteiger partial charge in [0.15, 0.2) is 0 Å². The van der Waals surface area contributed by atoms with E-state index in [0.717, 1.165) is 23.9 Å². The first-order valence-corrected chi connectivity index (χ1v) is 5.70. The summed E-state index contributed by atoms with van der Waals surface area (Å²) in [5.74, 6) is -0.166. The number of nitrogens with zero attached hydrogens (tertiary/aromatic N) is 1. The third-order valence-corrected chi connectivity index (χ3v) is 2.84. The lowest BCUT2D eigenvalue weighted by Gasteiger charge is -2.18. The van der Waals surface area contributed by atoms with Crippen molar-refractivity contribution in [1.82, 2.24) is 4.57 Å². The number of fused-ring (bicyclic) bond motifs is 1. The van der Waals surface area contributed by atoms with Crippen LogP contribution in [0.15, 0.2) is 30.5 Å². The Bertz CT molecular complexity index is 491. The average molecular weight is 219 g/mol. The summed E-state index contributed by atoms with van der Waals surface area (Å²) in [6.07, 6.45) is 3.16. The topological polar surface area (TPSA) is 4.93 Å². The van der Waals surface area contributed by atoms with E-state index < -0.39 is 0 Å². The van der Waals surface area contributed by atoms with Crippen molar-refractivity contribution in [2.24, 2.45) is 5.41 Å². The standard InChI is InChI=1S/C14H18FN/c1-14(2,3)7-9-16-8-6-11-10-12(15)4-5-13(11)16/h4-6,8,10H,7,9H2,1-3H3. The molecule has 0 aliphatic rings. The van der Waals surface area contributed by atoms with E-state index in [0.29, 0.717) is 5.41 Å². The van der Waals surface area contributed by atoms with Gasteiger partial charge in [-0.3, -0.25) is 0 Å². The van der Waals surface area contributed by atoms with Crippen LogP contribution in [0.5, 0.6) is 0 Å². The first kappa shape index (κ1) is 11.2. The van der Waals surface area contributed by atoms with E-state index in [1.54, 1.807) is 6.07 Å². The molecule has 0 fully saturated rings. The molecule has 0 N–H and O–H groups in total. The molecule has 16 heavy (non-hydrogen) atoms. The minimum Gasteiger partial charge on any atom is -0.347 e. The molecule has 0 aliphatic heterocycles. The minimum absolute atomic E-state index is 0.166. The Balaban J connectivity index is 2.25. The Labute approximate surface area is 95.9 Å². The molecule has 0 spiro atoms. The molecule has 2 rings (SSSR count). The summed E-state index contributed by atoms with van der Waals surface area (Å²) < 4.78 is 15.2. The zero-order valence-electron chi connectivity index (χ0n) is 10.1. The van der Waals surface area contributed by atoms with Crippen LogP contribution in [-0.4, -0.2) is 4.57 Å². The largest absolute Gasteiger partial charge is 0.347 e. The van der Waals surface area contributed by atoms with Crippen molar-refractivity contribution in [2.75, 3.05) is 0 Å². The maximum atomic E-state index is 13.0. The summed E-state index contributed by atoms with van der Waals surface area (Å²) in [6, 6.07) is 6.94.